The van der Waals surface area contributed by atoms with Gasteiger partial charge in [0.2, 0.25) is 5.91 Å². The molecule has 5 nitrogen and oxygen atoms in total. The molecule has 2 N–H and O–H groups in total. The standard InChI is InChI=1S/C21H30N2O3/c1-17(22)11-8-10-16-23(18(2)24)15-9-4-5-12-19-13-6-7-14-20(19)21(25)26-3/h6-7,13-14,17H,4,8-11,15-16,22H2,1-3H3. The number of benzene rings is 1. The van der Waals surface area contributed by atoms with Crippen LogP contribution in [0.5, 0.6) is 0 Å². The zero-order valence-corrected chi connectivity index (χ0v) is 16.1. The highest BCUT2D eigenvalue weighted by molar-refractivity contribution is 5.92. The van der Waals surface area contributed by atoms with E-state index in [2.05, 4.69) is 11.8 Å². The first-order chi connectivity index (χ1) is 12.5. The van der Waals surface area contributed by atoms with E-state index in [1.54, 1.807) is 25.1 Å². The topological polar surface area (TPSA) is 72.6 Å². The maximum atomic E-state index is 11.7. The van der Waals surface area contributed by atoms with E-state index in [9.17, 15) is 9.59 Å². The number of hydrogen-bond donors (Lipinski definition) is 1. The van der Waals surface area contributed by atoms with Crippen molar-refractivity contribution in [2.24, 2.45) is 5.73 Å². The molecule has 0 aliphatic carbocycles. The maximum Gasteiger partial charge on any atom is 0.339 e. The first kappa shape index (κ1) is 21.7. The van der Waals surface area contributed by atoms with Gasteiger partial charge in [0, 0.05) is 38.0 Å². The highest BCUT2D eigenvalue weighted by Crippen LogP contribution is 2.09. The summed E-state index contributed by atoms with van der Waals surface area (Å²) in [5.41, 5.74) is 6.88. The third-order valence-electron chi connectivity index (χ3n) is 4.07. The second kappa shape index (κ2) is 12.1. The van der Waals surface area contributed by atoms with Gasteiger partial charge in [0.25, 0.3) is 0 Å². The number of amides is 1. The van der Waals surface area contributed by atoms with Crippen LogP contribution in [-0.2, 0) is 9.53 Å². The van der Waals surface area contributed by atoms with Crippen molar-refractivity contribution in [2.75, 3.05) is 20.2 Å². The molecule has 1 atom stereocenters. The van der Waals surface area contributed by atoms with Gasteiger partial charge in [-0.25, -0.2) is 4.79 Å². The van der Waals surface area contributed by atoms with Crippen molar-refractivity contribution in [2.45, 2.75) is 52.0 Å². The van der Waals surface area contributed by atoms with Gasteiger partial charge in [-0.1, -0.05) is 30.4 Å². The Morgan fingerprint density at radius 3 is 2.54 bits per heavy atom. The fourth-order valence-electron chi connectivity index (χ4n) is 2.59. The summed E-state index contributed by atoms with van der Waals surface area (Å²) in [7, 11) is 1.36. The van der Waals surface area contributed by atoms with E-state index in [1.807, 2.05) is 17.9 Å². The normalized spacial score (nSPS) is 11.2. The number of carbonyl (C=O) groups excluding carboxylic acids is 2. The molecule has 0 aliphatic rings. The number of nitrogens with two attached hydrogens (primary N) is 1. The number of hydrogen-bond acceptors (Lipinski definition) is 4. The monoisotopic (exact) mass is 358 g/mol. The molecule has 26 heavy (non-hydrogen) atoms. The third kappa shape index (κ3) is 8.17. The number of unbranched alkanes of at least 4 members (excludes halogenated alkanes) is 2. The van der Waals surface area contributed by atoms with Crippen LogP contribution in [0.1, 0.15) is 61.9 Å². The van der Waals surface area contributed by atoms with E-state index in [0.717, 1.165) is 32.2 Å². The molecule has 142 valence electrons. The van der Waals surface area contributed by atoms with Gasteiger partial charge in [0.15, 0.2) is 0 Å². The van der Waals surface area contributed by atoms with E-state index in [4.69, 9.17) is 10.5 Å². The molecule has 0 spiro atoms. The number of rotatable bonds is 9. The highest BCUT2D eigenvalue weighted by atomic mass is 16.5. The van der Waals surface area contributed by atoms with Gasteiger partial charge in [0.05, 0.1) is 12.7 Å². The fraction of sp³-hybridized carbons (Fsp3) is 0.524. The van der Waals surface area contributed by atoms with Gasteiger partial charge in [-0.15, -0.1) is 0 Å². The molecule has 1 aromatic carbocycles. The zero-order chi connectivity index (χ0) is 19.4. The summed E-state index contributed by atoms with van der Waals surface area (Å²) in [4.78, 5) is 25.3. The Morgan fingerprint density at radius 2 is 1.88 bits per heavy atom. The van der Waals surface area contributed by atoms with Crippen LogP contribution >= 0.6 is 0 Å². The van der Waals surface area contributed by atoms with Crippen molar-refractivity contribution in [1.29, 1.82) is 0 Å². The quantitative estimate of drug-likeness (QED) is 0.418. The summed E-state index contributed by atoms with van der Waals surface area (Å²) >= 11 is 0. The minimum atomic E-state index is -0.385. The van der Waals surface area contributed by atoms with E-state index in [1.165, 1.54) is 7.11 Å². The molecule has 0 saturated heterocycles. The van der Waals surface area contributed by atoms with Crippen molar-refractivity contribution in [3.63, 3.8) is 0 Å². The molecule has 0 radical (unpaired) electrons. The Hall–Kier alpha value is -2.32. The Bertz CT molecular complexity index is 644. The number of ether oxygens (including phenoxy) is 1. The lowest BCUT2D eigenvalue weighted by molar-refractivity contribution is -0.129. The van der Waals surface area contributed by atoms with Crippen LogP contribution in [0.3, 0.4) is 0 Å². The average Bonchev–Trinajstić information content (AvgIpc) is 2.62. The Balaban J connectivity index is 2.46. The van der Waals surface area contributed by atoms with Crippen LogP contribution in [0, 0.1) is 11.8 Å². The number of esters is 1. The summed E-state index contributed by atoms with van der Waals surface area (Å²) in [6, 6.07) is 7.35. The fourth-order valence-corrected chi connectivity index (χ4v) is 2.59. The third-order valence-corrected chi connectivity index (χ3v) is 4.07. The second-order valence-electron chi connectivity index (χ2n) is 6.42. The lowest BCUT2D eigenvalue weighted by atomic mass is 10.1. The Kier molecular flexibility index (Phi) is 10.1. The lowest BCUT2D eigenvalue weighted by Crippen LogP contribution is -2.31. The molecule has 5 heteroatoms. The first-order valence-electron chi connectivity index (χ1n) is 9.13. The number of methoxy groups -OCH3 is 1. The van der Waals surface area contributed by atoms with Crippen LogP contribution in [0.25, 0.3) is 0 Å². The smallest absolute Gasteiger partial charge is 0.339 e. The second-order valence-corrected chi connectivity index (χ2v) is 6.42. The predicted molar refractivity (Wildman–Crippen MR) is 104 cm³/mol. The minimum absolute atomic E-state index is 0.0924. The summed E-state index contributed by atoms with van der Waals surface area (Å²) in [5, 5.41) is 0. The van der Waals surface area contributed by atoms with Crippen LogP contribution in [0.2, 0.25) is 0 Å². The SMILES string of the molecule is COC(=O)c1ccccc1C#CCCCN(CCCCC(C)N)C(C)=O. The molecule has 0 saturated carbocycles. The van der Waals surface area contributed by atoms with Gasteiger partial charge >= 0.3 is 5.97 Å². The van der Waals surface area contributed by atoms with Crippen molar-refractivity contribution < 1.29 is 14.3 Å². The molecule has 1 unspecified atom stereocenters. The Morgan fingerprint density at radius 1 is 1.19 bits per heavy atom. The molecule has 0 fully saturated rings. The van der Waals surface area contributed by atoms with Gasteiger partial charge in [-0.2, -0.15) is 0 Å². The number of carbonyl (C=O) groups is 2. The van der Waals surface area contributed by atoms with E-state index in [-0.39, 0.29) is 17.9 Å². The molecule has 0 bridgehead atoms. The van der Waals surface area contributed by atoms with E-state index in [0.29, 0.717) is 24.1 Å². The molecule has 1 amide bonds. The molecule has 0 aromatic heterocycles. The van der Waals surface area contributed by atoms with Crippen molar-refractivity contribution >= 4 is 11.9 Å². The van der Waals surface area contributed by atoms with Crippen molar-refractivity contribution in [1.82, 2.24) is 4.90 Å². The zero-order valence-electron chi connectivity index (χ0n) is 16.1. The van der Waals surface area contributed by atoms with Gasteiger partial charge in [0.1, 0.15) is 0 Å². The average molecular weight is 358 g/mol. The van der Waals surface area contributed by atoms with Crippen molar-refractivity contribution in [3.8, 4) is 11.8 Å². The molecule has 0 aliphatic heterocycles. The molecular weight excluding hydrogens is 328 g/mol. The minimum Gasteiger partial charge on any atom is -0.465 e. The summed E-state index contributed by atoms with van der Waals surface area (Å²) in [6.07, 6.45) is 4.46. The van der Waals surface area contributed by atoms with Crippen LogP contribution in [-0.4, -0.2) is 43.0 Å². The highest BCUT2D eigenvalue weighted by Gasteiger charge is 2.09. The van der Waals surface area contributed by atoms with Crippen LogP contribution in [0.4, 0.5) is 0 Å². The molecule has 1 aromatic rings. The largest absolute Gasteiger partial charge is 0.465 e. The summed E-state index contributed by atoms with van der Waals surface area (Å²) < 4.78 is 4.76. The molecular formula is C21H30N2O3. The van der Waals surface area contributed by atoms with Gasteiger partial charge in [-0.05, 0) is 38.3 Å². The van der Waals surface area contributed by atoms with Crippen LogP contribution in [0.15, 0.2) is 24.3 Å². The number of nitrogens with zero attached hydrogens (tertiary/aromatic N) is 1. The van der Waals surface area contributed by atoms with E-state index < -0.39 is 0 Å². The van der Waals surface area contributed by atoms with E-state index >= 15 is 0 Å². The van der Waals surface area contributed by atoms with Crippen molar-refractivity contribution in [3.05, 3.63) is 35.4 Å². The summed E-state index contributed by atoms with van der Waals surface area (Å²) in [6.45, 7) is 5.06. The lowest BCUT2D eigenvalue weighted by Gasteiger charge is -2.20. The molecule has 1 rings (SSSR count). The first-order valence-corrected chi connectivity index (χ1v) is 9.13. The van der Waals surface area contributed by atoms with Gasteiger partial charge in [-0.3, -0.25) is 4.79 Å². The summed E-state index contributed by atoms with van der Waals surface area (Å²) in [5.74, 6) is 5.82. The Labute approximate surface area is 156 Å². The maximum absolute atomic E-state index is 11.7. The predicted octanol–water partition coefficient (Wildman–Crippen LogP) is 2.97. The van der Waals surface area contributed by atoms with Crippen LogP contribution < -0.4 is 5.73 Å². The van der Waals surface area contributed by atoms with Gasteiger partial charge < -0.3 is 15.4 Å². The molecule has 0 heterocycles.